The highest BCUT2D eigenvalue weighted by Gasteiger charge is 2.15. The van der Waals surface area contributed by atoms with Gasteiger partial charge in [-0.2, -0.15) is 11.3 Å². The summed E-state index contributed by atoms with van der Waals surface area (Å²) in [6.45, 7) is 5.48. The van der Waals surface area contributed by atoms with Gasteiger partial charge in [0.05, 0.1) is 19.3 Å². The molecule has 0 bridgehead atoms. The van der Waals surface area contributed by atoms with Crippen molar-refractivity contribution in [2.24, 2.45) is 0 Å². The van der Waals surface area contributed by atoms with Crippen LogP contribution in [-0.2, 0) is 9.47 Å². The van der Waals surface area contributed by atoms with E-state index in [2.05, 4.69) is 29.1 Å². The first-order valence-electron chi connectivity index (χ1n) is 6.31. The summed E-state index contributed by atoms with van der Waals surface area (Å²) in [4.78, 5) is 0. The van der Waals surface area contributed by atoms with E-state index >= 15 is 0 Å². The Morgan fingerprint density at radius 3 is 3.29 bits per heavy atom. The van der Waals surface area contributed by atoms with Gasteiger partial charge in [0.2, 0.25) is 0 Å². The first-order valence-corrected chi connectivity index (χ1v) is 7.25. The van der Waals surface area contributed by atoms with Gasteiger partial charge >= 0.3 is 0 Å². The molecular weight excluding hydrogens is 234 g/mol. The Kier molecular flexibility index (Phi) is 5.45. The van der Waals surface area contributed by atoms with Crippen LogP contribution in [0.25, 0.3) is 0 Å². The molecule has 1 aromatic heterocycles. The third kappa shape index (κ3) is 4.39. The average molecular weight is 255 g/mol. The predicted molar refractivity (Wildman–Crippen MR) is 70.5 cm³/mol. The van der Waals surface area contributed by atoms with Crippen LogP contribution in [0.5, 0.6) is 0 Å². The molecule has 0 amide bonds. The lowest BCUT2D eigenvalue weighted by Gasteiger charge is -2.14. The fourth-order valence-corrected chi connectivity index (χ4v) is 2.73. The highest BCUT2D eigenvalue weighted by Crippen LogP contribution is 2.15. The molecule has 1 aromatic rings. The minimum absolute atomic E-state index is 0.337. The minimum Gasteiger partial charge on any atom is -0.377 e. The molecule has 0 aliphatic carbocycles. The van der Waals surface area contributed by atoms with Crippen molar-refractivity contribution in [1.29, 1.82) is 0 Å². The zero-order valence-corrected chi connectivity index (χ0v) is 11.2. The predicted octanol–water partition coefficient (Wildman–Crippen LogP) is 2.59. The van der Waals surface area contributed by atoms with Crippen LogP contribution in [0.1, 0.15) is 31.4 Å². The number of hydrogen-bond donors (Lipinski definition) is 1. The monoisotopic (exact) mass is 255 g/mol. The van der Waals surface area contributed by atoms with E-state index in [4.69, 9.17) is 9.47 Å². The second-order valence-corrected chi connectivity index (χ2v) is 5.22. The van der Waals surface area contributed by atoms with E-state index < -0.39 is 0 Å². The molecule has 0 radical (unpaired) electrons. The molecular formula is C13H21NO2S. The van der Waals surface area contributed by atoms with Crippen LogP contribution in [0, 0.1) is 0 Å². The molecule has 1 saturated heterocycles. The molecule has 2 heterocycles. The lowest BCUT2D eigenvalue weighted by atomic mass is 10.2. The standard InChI is InChI=1S/C13H21NO2S/c1-11(12-4-8-17-10-12)14-5-7-15-9-13-3-2-6-16-13/h4,8,10-11,13-14H,2-3,5-7,9H2,1H3. The summed E-state index contributed by atoms with van der Waals surface area (Å²) in [6, 6.07) is 2.57. The van der Waals surface area contributed by atoms with E-state index in [1.165, 1.54) is 12.0 Å². The number of hydrogen-bond acceptors (Lipinski definition) is 4. The Morgan fingerprint density at radius 1 is 1.65 bits per heavy atom. The second kappa shape index (κ2) is 7.11. The number of ether oxygens (including phenoxy) is 2. The summed E-state index contributed by atoms with van der Waals surface area (Å²) < 4.78 is 11.1. The zero-order chi connectivity index (χ0) is 11.9. The van der Waals surface area contributed by atoms with Crippen LogP contribution in [0.15, 0.2) is 16.8 Å². The normalized spacial score (nSPS) is 21.8. The summed E-state index contributed by atoms with van der Waals surface area (Å²) in [7, 11) is 0. The molecule has 1 aliphatic rings. The molecule has 17 heavy (non-hydrogen) atoms. The van der Waals surface area contributed by atoms with Gasteiger partial charge in [-0.1, -0.05) is 0 Å². The molecule has 0 aromatic carbocycles. The van der Waals surface area contributed by atoms with Gasteiger partial charge in [0.15, 0.2) is 0 Å². The molecule has 1 N–H and O–H groups in total. The molecule has 0 spiro atoms. The van der Waals surface area contributed by atoms with Crippen LogP contribution in [0.3, 0.4) is 0 Å². The van der Waals surface area contributed by atoms with E-state index in [9.17, 15) is 0 Å². The van der Waals surface area contributed by atoms with Gasteiger partial charge in [-0.15, -0.1) is 0 Å². The molecule has 2 unspecified atom stereocenters. The number of thiophene rings is 1. The van der Waals surface area contributed by atoms with Crippen molar-refractivity contribution >= 4 is 11.3 Å². The van der Waals surface area contributed by atoms with Crippen LogP contribution >= 0.6 is 11.3 Å². The van der Waals surface area contributed by atoms with Crippen molar-refractivity contribution in [3.63, 3.8) is 0 Å². The highest BCUT2D eigenvalue weighted by atomic mass is 32.1. The van der Waals surface area contributed by atoms with Gasteiger partial charge in [0, 0.05) is 19.2 Å². The van der Waals surface area contributed by atoms with Crippen LogP contribution in [0.2, 0.25) is 0 Å². The van der Waals surface area contributed by atoms with Crippen molar-refractivity contribution in [2.45, 2.75) is 31.9 Å². The second-order valence-electron chi connectivity index (χ2n) is 4.44. The van der Waals surface area contributed by atoms with Crippen LogP contribution in [0.4, 0.5) is 0 Å². The Morgan fingerprint density at radius 2 is 2.59 bits per heavy atom. The summed E-state index contributed by atoms with van der Waals surface area (Å²) >= 11 is 1.74. The lowest BCUT2D eigenvalue weighted by Crippen LogP contribution is -2.24. The number of nitrogens with one attached hydrogen (secondary N) is 1. The maximum atomic E-state index is 5.60. The van der Waals surface area contributed by atoms with Gasteiger partial charge in [-0.05, 0) is 42.2 Å². The summed E-state index contributed by atoms with van der Waals surface area (Å²) in [6.07, 6.45) is 2.67. The van der Waals surface area contributed by atoms with Crippen LogP contribution < -0.4 is 5.32 Å². The van der Waals surface area contributed by atoms with E-state index in [0.717, 1.165) is 32.8 Å². The first kappa shape index (κ1) is 13.0. The molecule has 2 atom stereocenters. The van der Waals surface area contributed by atoms with Crippen molar-refractivity contribution < 1.29 is 9.47 Å². The van der Waals surface area contributed by atoms with E-state index in [-0.39, 0.29) is 0 Å². The molecule has 1 fully saturated rings. The minimum atomic E-state index is 0.337. The molecule has 1 aliphatic heterocycles. The maximum absolute atomic E-state index is 5.60. The Labute approximate surface area is 107 Å². The van der Waals surface area contributed by atoms with Crippen molar-refractivity contribution in [3.05, 3.63) is 22.4 Å². The van der Waals surface area contributed by atoms with Crippen molar-refractivity contribution in [3.8, 4) is 0 Å². The lowest BCUT2D eigenvalue weighted by molar-refractivity contribution is 0.0179. The topological polar surface area (TPSA) is 30.5 Å². The van der Waals surface area contributed by atoms with Gasteiger partial charge in [0.25, 0.3) is 0 Å². The third-order valence-electron chi connectivity index (χ3n) is 3.07. The molecule has 0 saturated carbocycles. The molecule has 4 heteroatoms. The summed E-state index contributed by atoms with van der Waals surface area (Å²) in [5, 5.41) is 7.75. The fraction of sp³-hybridized carbons (Fsp3) is 0.692. The largest absolute Gasteiger partial charge is 0.377 e. The summed E-state index contributed by atoms with van der Waals surface area (Å²) in [5.41, 5.74) is 1.36. The summed E-state index contributed by atoms with van der Waals surface area (Å²) in [5.74, 6) is 0. The average Bonchev–Trinajstić information content (AvgIpc) is 3.01. The Hall–Kier alpha value is -0.420. The van der Waals surface area contributed by atoms with E-state index in [0.29, 0.717) is 12.1 Å². The smallest absolute Gasteiger partial charge is 0.0809 e. The van der Waals surface area contributed by atoms with E-state index in [1.807, 2.05) is 0 Å². The maximum Gasteiger partial charge on any atom is 0.0809 e. The van der Waals surface area contributed by atoms with Crippen LogP contribution in [-0.4, -0.2) is 32.5 Å². The van der Waals surface area contributed by atoms with Gasteiger partial charge in [-0.25, -0.2) is 0 Å². The Balaban J connectivity index is 1.51. The fourth-order valence-electron chi connectivity index (χ4n) is 1.98. The zero-order valence-electron chi connectivity index (χ0n) is 10.4. The van der Waals surface area contributed by atoms with Crippen molar-refractivity contribution in [2.75, 3.05) is 26.4 Å². The molecule has 3 nitrogen and oxygen atoms in total. The van der Waals surface area contributed by atoms with Gasteiger partial charge in [0.1, 0.15) is 0 Å². The number of rotatable bonds is 7. The molecule has 2 rings (SSSR count). The SMILES string of the molecule is CC(NCCOCC1CCCO1)c1ccsc1. The van der Waals surface area contributed by atoms with Gasteiger partial charge < -0.3 is 14.8 Å². The Bertz CT molecular complexity index is 296. The van der Waals surface area contributed by atoms with Crippen molar-refractivity contribution in [1.82, 2.24) is 5.32 Å². The highest BCUT2D eigenvalue weighted by molar-refractivity contribution is 7.07. The quantitative estimate of drug-likeness (QED) is 0.760. The van der Waals surface area contributed by atoms with Gasteiger partial charge in [-0.3, -0.25) is 0 Å². The first-order chi connectivity index (χ1) is 8.36. The van der Waals surface area contributed by atoms with E-state index in [1.54, 1.807) is 11.3 Å². The third-order valence-corrected chi connectivity index (χ3v) is 3.77. The molecule has 96 valence electrons.